The second kappa shape index (κ2) is 7.92. The van der Waals surface area contributed by atoms with E-state index in [-0.39, 0.29) is 0 Å². The van der Waals surface area contributed by atoms with Crippen molar-refractivity contribution in [3.05, 3.63) is 35.4 Å². The molecule has 4 rings (SSSR count). The lowest BCUT2D eigenvalue weighted by Gasteiger charge is -2.57. The van der Waals surface area contributed by atoms with Crippen molar-refractivity contribution in [2.45, 2.75) is 57.7 Å². The highest BCUT2D eigenvalue weighted by Gasteiger charge is 2.49. The molecule has 2 bridgehead atoms. The highest BCUT2D eigenvalue weighted by atomic mass is 16.2. The van der Waals surface area contributed by atoms with Crippen LogP contribution in [0, 0.1) is 11.8 Å². The second-order valence-corrected chi connectivity index (χ2v) is 9.16. The first-order valence-corrected chi connectivity index (χ1v) is 10.8. The first-order chi connectivity index (χ1) is 13.1. The molecule has 3 aliphatic rings. The first-order valence-electron chi connectivity index (χ1n) is 10.8. The molecule has 0 N–H and O–H groups in total. The van der Waals surface area contributed by atoms with Crippen molar-refractivity contribution < 1.29 is 4.79 Å². The van der Waals surface area contributed by atoms with Crippen molar-refractivity contribution in [1.29, 1.82) is 0 Å². The largest absolute Gasteiger partial charge is 0.335 e. The minimum atomic E-state index is 0.387. The van der Waals surface area contributed by atoms with Crippen LogP contribution in [0.1, 0.15) is 43.7 Å². The molecule has 0 spiro atoms. The van der Waals surface area contributed by atoms with Gasteiger partial charge in [0.2, 0.25) is 5.91 Å². The van der Waals surface area contributed by atoms with Crippen LogP contribution in [0.15, 0.2) is 24.3 Å². The molecule has 3 heterocycles. The molecule has 0 aliphatic carbocycles. The number of hydrogen-bond acceptors (Lipinski definition) is 3. The van der Waals surface area contributed by atoms with Crippen LogP contribution in [0.5, 0.6) is 0 Å². The normalized spacial score (nSPS) is 31.3. The minimum Gasteiger partial charge on any atom is -0.335 e. The van der Waals surface area contributed by atoms with Crippen LogP contribution < -0.4 is 0 Å². The monoisotopic (exact) mass is 369 g/mol. The van der Waals surface area contributed by atoms with Gasteiger partial charge in [-0.1, -0.05) is 31.2 Å². The van der Waals surface area contributed by atoms with E-state index in [0.29, 0.717) is 29.8 Å². The van der Waals surface area contributed by atoms with E-state index >= 15 is 0 Å². The van der Waals surface area contributed by atoms with E-state index in [2.05, 4.69) is 60.0 Å². The molecule has 4 atom stereocenters. The Bertz CT molecular complexity index is 673. The van der Waals surface area contributed by atoms with Gasteiger partial charge in [0, 0.05) is 44.7 Å². The van der Waals surface area contributed by atoms with Crippen molar-refractivity contribution >= 4 is 5.91 Å². The number of aryl methyl sites for hydroxylation is 1. The van der Waals surface area contributed by atoms with Crippen LogP contribution in [0.2, 0.25) is 0 Å². The zero-order valence-corrected chi connectivity index (χ0v) is 17.2. The van der Waals surface area contributed by atoms with Crippen LogP contribution in [-0.2, 0) is 17.8 Å². The van der Waals surface area contributed by atoms with E-state index in [1.165, 1.54) is 24.0 Å². The number of amides is 1. The molecule has 0 aromatic heterocycles. The van der Waals surface area contributed by atoms with Gasteiger partial charge in [0.05, 0.1) is 0 Å². The molecule has 1 aromatic rings. The maximum atomic E-state index is 12.8. The van der Waals surface area contributed by atoms with E-state index in [0.717, 1.165) is 45.4 Å². The van der Waals surface area contributed by atoms with E-state index < -0.39 is 0 Å². The standard InChI is InChI=1S/C23H35N3O/c1-4-17-8-5-6-9-18(17)13-25-14-19-12-20(15-25)22(16-24(2)3)26-21(19)10-7-11-23(26)27/h5-6,8-9,19-22H,4,7,10-16H2,1-3H3/t19-,20+,21+,22+/m1/s1. The number of likely N-dealkylation sites (tertiary alicyclic amines) is 1. The van der Waals surface area contributed by atoms with Crippen LogP contribution in [0.4, 0.5) is 0 Å². The molecular weight excluding hydrogens is 334 g/mol. The molecule has 0 radical (unpaired) electrons. The summed E-state index contributed by atoms with van der Waals surface area (Å²) in [4.78, 5) is 20.1. The fourth-order valence-electron chi connectivity index (χ4n) is 5.91. The average molecular weight is 370 g/mol. The van der Waals surface area contributed by atoms with E-state index in [1.54, 1.807) is 0 Å². The predicted octanol–water partition coefficient (Wildman–Crippen LogP) is 3.01. The second-order valence-electron chi connectivity index (χ2n) is 9.16. The number of carbonyl (C=O) groups is 1. The summed E-state index contributed by atoms with van der Waals surface area (Å²) in [5.74, 6) is 1.68. The number of piperidine rings is 3. The number of nitrogens with zero attached hydrogens (tertiary/aromatic N) is 3. The topological polar surface area (TPSA) is 26.8 Å². The minimum absolute atomic E-state index is 0.387. The Morgan fingerprint density at radius 3 is 2.59 bits per heavy atom. The third kappa shape index (κ3) is 3.79. The van der Waals surface area contributed by atoms with Crippen LogP contribution >= 0.6 is 0 Å². The maximum absolute atomic E-state index is 12.8. The fraction of sp³-hybridized carbons (Fsp3) is 0.696. The SMILES string of the molecule is CCc1ccccc1CN1C[C@H]2C[C@@H](C1)[C@H](CN(C)C)N1C(=O)CCC[C@@H]21. The summed E-state index contributed by atoms with van der Waals surface area (Å²) >= 11 is 0. The molecule has 3 fully saturated rings. The average Bonchev–Trinajstić information content (AvgIpc) is 2.65. The fourth-order valence-corrected chi connectivity index (χ4v) is 5.91. The Morgan fingerprint density at radius 2 is 1.85 bits per heavy atom. The number of benzene rings is 1. The van der Waals surface area contributed by atoms with Crippen molar-refractivity contribution in [1.82, 2.24) is 14.7 Å². The van der Waals surface area contributed by atoms with Gasteiger partial charge in [-0.2, -0.15) is 0 Å². The van der Waals surface area contributed by atoms with E-state index in [9.17, 15) is 4.79 Å². The van der Waals surface area contributed by atoms with Gasteiger partial charge in [0.15, 0.2) is 0 Å². The molecule has 1 amide bonds. The molecule has 0 saturated carbocycles. The van der Waals surface area contributed by atoms with Gasteiger partial charge >= 0.3 is 0 Å². The molecule has 3 saturated heterocycles. The van der Waals surface area contributed by atoms with Gasteiger partial charge in [-0.05, 0) is 62.7 Å². The summed E-state index contributed by atoms with van der Waals surface area (Å²) in [6, 6.07) is 9.77. The van der Waals surface area contributed by atoms with Gasteiger partial charge in [0.25, 0.3) is 0 Å². The summed E-state index contributed by atoms with van der Waals surface area (Å²) < 4.78 is 0. The van der Waals surface area contributed by atoms with Crippen LogP contribution in [-0.4, -0.2) is 66.4 Å². The Balaban J connectivity index is 1.56. The number of carbonyl (C=O) groups excluding carboxylic acids is 1. The summed E-state index contributed by atoms with van der Waals surface area (Å²) in [6.07, 6.45) is 5.44. The van der Waals surface area contributed by atoms with Gasteiger partial charge < -0.3 is 9.80 Å². The molecular formula is C23H35N3O. The lowest BCUT2D eigenvalue weighted by atomic mass is 9.72. The third-order valence-corrected chi connectivity index (χ3v) is 7.02. The smallest absolute Gasteiger partial charge is 0.223 e. The van der Waals surface area contributed by atoms with E-state index in [1.807, 2.05) is 0 Å². The number of likely N-dealkylation sites (N-methyl/N-ethyl adjacent to an activating group) is 1. The van der Waals surface area contributed by atoms with Gasteiger partial charge in [-0.3, -0.25) is 9.69 Å². The summed E-state index contributed by atoms with van der Waals surface area (Å²) in [5.41, 5.74) is 2.97. The zero-order valence-electron chi connectivity index (χ0n) is 17.2. The number of fused-ring (bicyclic) bond motifs is 4. The molecule has 27 heavy (non-hydrogen) atoms. The van der Waals surface area contributed by atoms with Crippen LogP contribution in [0.3, 0.4) is 0 Å². The highest BCUT2D eigenvalue weighted by molar-refractivity contribution is 5.78. The quantitative estimate of drug-likeness (QED) is 0.798. The molecule has 148 valence electrons. The van der Waals surface area contributed by atoms with Crippen molar-refractivity contribution in [2.24, 2.45) is 11.8 Å². The van der Waals surface area contributed by atoms with Crippen molar-refractivity contribution in [2.75, 3.05) is 33.7 Å². The lowest BCUT2D eigenvalue weighted by Crippen LogP contribution is -2.66. The third-order valence-electron chi connectivity index (χ3n) is 7.02. The summed E-state index contributed by atoms with van der Waals surface area (Å²) in [5, 5.41) is 0. The van der Waals surface area contributed by atoms with E-state index in [4.69, 9.17) is 0 Å². The lowest BCUT2D eigenvalue weighted by molar-refractivity contribution is -0.153. The number of rotatable bonds is 5. The van der Waals surface area contributed by atoms with Crippen molar-refractivity contribution in [3.63, 3.8) is 0 Å². The molecule has 4 nitrogen and oxygen atoms in total. The maximum Gasteiger partial charge on any atom is 0.223 e. The Hall–Kier alpha value is -1.39. The molecule has 4 heteroatoms. The summed E-state index contributed by atoms with van der Waals surface area (Å²) in [6.45, 7) is 6.59. The molecule has 0 unspecified atom stereocenters. The predicted molar refractivity (Wildman–Crippen MR) is 110 cm³/mol. The van der Waals surface area contributed by atoms with Crippen LogP contribution in [0.25, 0.3) is 0 Å². The van der Waals surface area contributed by atoms with Crippen molar-refractivity contribution in [3.8, 4) is 0 Å². The Kier molecular flexibility index (Phi) is 5.56. The zero-order chi connectivity index (χ0) is 19.0. The first kappa shape index (κ1) is 18.9. The summed E-state index contributed by atoms with van der Waals surface area (Å²) in [7, 11) is 4.29. The number of hydrogen-bond donors (Lipinski definition) is 0. The molecule has 3 aliphatic heterocycles. The Labute approximate surface area is 164 Å². The molecule has 1 aromatic carbocycles. The van der Waals surface area contributed by atoms with Gasteiger partial charge in [-0.15, -0.1) is 0 Å². The Morgan fingerprint density at radius 1 is 1.11 bits per heavy atom. The highest BCUT2D eigenvalue weighted by Crippen LogP contribution is 2.42. The van der Waals surface area contributed by atoms with Gasteiger partial charge in [0.1, 0.15) is 0 Å². The van der Waals surface area contributed by atoms with Gasteiger partial charge in [-0.25, -0.2) is 0 Å².